The Balaban J connectivity index is 1.35. The van der Waals surface area contributed by atoms with Gasteiger partial charge in [-0.25, -0.2) is 4.79 Å². The quantitative estimate of drug-likeness (QED) is 0.133. The number of aliphatic hydroxyl groups excluding tert-OH is 1. The van der Waals surface area contributed by atoms with Gasteiger partial charge in [-0.1, -0.05) is 99.3 Å². The van der Waals surface area contributed by atoms with Crippen LogP contribution in [-0.4, -0.2) is 58.9 Å². The Kier molecular flexibility index (Phi) is 16.8. The molecule has 2 aliphatic heterocycles. The van der Waals surface area contributed by atoms with E-state index in [9.17, 15) is 14.7 Å². The first kappa shape index (κ1) is 40.8. The van der Waals surface area contributed by atoms with Crippen molar-refractivity contribution in [2.24, 2.45) is 35.5 Å². The number of likely N-dealkylation sites (tertiary alicyclic amines) is 1. The zero-order valence-electron chi connectivity index (χ0n) is 32.5. The lowest BCUT2D eigenvalue weighted by Gasteiger charge is -2.50. The maximum Gasteiger partial charge on any atom is 0.412 e. The Hall–Kier alpha value is -1.60. The number of amides is 2. The minimum Gasteiger partial charge on any atom is -0.415 e. The molecule has 278 valence electrons. The lowest BCUT2D eigenvalue weighted by Crippen LogP contribution is -2.50. The molecule has 0 spiro atoms. The third kappa shape index (κ3) is 12.6. The van der Waals surface area contributed by atoms with Gasteiger partial charge in [-0.2, -0.15) is 0 Å². The summed E-state index contributed by atoms with van der Waals surface area (Å²) in [7, 11) is 0. The number of hydrogen-bond acceptors (Lipinski definition) is 5. The monoisotopic (exact) mass is 675 g/mol. The van der Waals surface area contributed by atoms with Crippen LogP contribution in [0.4, 0.5) is 4.79 Å². The first-order valence-electron chi connectivity index (χ1n) is 20.0. The van der Waals surface area contributed by atoms with E-state index in [0.717, 1.165) is 67.6 Å². The standard InChI is InChI=1S/C41H74N2O5/c1-28(2)16-13-17-29(3)18-14-19-30(4)20-15-23-41(9)24-22-36-34(8)38(32(6)33(7)39(36)48-41)47-40(46)42-25-12-10-11-21-37(45)43-27-35(44)26-31(43)5/h28-31,33-36,39,44H,10-27H2,1-9H3,(H,42,46)/t29-,30-,31?,33?,34?,35?,36?,39?,41-/m1/s1. The molecule has 2 fully saturated rings. The van der Waals surface area contributed by atoms with Gasteiger partial charge >= 0.3 is 6.09 Å². The highest BCUT2D eigenvalue weighted by Gasteiger charge is 2.48. The molecule has 48 heavy (non-hydrogen) atoms. The Labute approximate surface area is 294 Å². The van der Waals surface area contributed by atoms with Crippen LogP contribution in [0.2, 0.25) is 0 Å². The van der Waals surface area contributed by atoms with E-state index in [1.165, 1.54) is 51.4 Å². The van der Waals surface area contributed by atoms with Crippen LogP contribution in [0, 0.1) is 35.5 Å². The molecule has 0 radical (unpaired) electrons. The van der Waals surface area contributed by atoms with Gasteiger partial charge in [0.15, 0.2) is 0 Å². The second-order valence-electron chi connectivity index (χ2n) is 17.1. The van der Waals surface area contributed by atoms with Gasteiger partial charge in [0.25, 0.3) is 0 Å². The Morgan fingerprint density at radius 1 is 0.938 bits per heavy atom. The minimum absolute atomic E-state index is 0.0750. The summed E-state index contributed by atoms with van der Waals surface area (Å²) in [6.45, 7) is 21.4. The molecule has 0 aromatic carbocycles. The van der Waals surface area contributed by atoms with Crippen molar-refractivity contribution in [2.75, 3.05) is 13.1 Å². The van der Waals surface area contributed by atoms with Crippen LogP contribution in [0.25, 0.3) is 0 Å². The number of nitrogens with zero attached hydrogens (tertiary/aromatic N) is 1. The van der Waals surface area contributed by atoms with Gasteiger partial charge in [0, 0.05) is 37.4 Å². The van der Waals surface area contributed by atoms with E-state index in [-0.39, 0.29) is 41.6 Å². The molecule has 2 saturated heterocycles. The molecule has 2 amide bonds. The molecule has 0 saturated carbocycles. The minimum atomic E-state index is -0.397. The molecule has 2 heterocycles. The zero-order valence-corrected chi connectivity index (χ0v) is 32.5. The highest BCUT2D eigenvalue weighted by Crippen LogP contribution is 2.49. The van der Waals surface area contributed by atoms with Crippen LogP contribution in [0.5, 0.6) is 0 Å². The van der Waals surface area contributed by atoms with Crippen LogP contribution in [-0.2, 0) is 14.3 Å². The molecule has 7 nitrogen and oxygen atoms in total. The number of carbonyl (C=O) groups excluding carboxylic acids is 2. The summed E-state index contributed by atoms with van der Waals surface area (Å²) < 4.78 is 12.9. The second kappa shape index (κ2) is 19.7. The van der Waals surface area contributed by atoms with Crippen molar-refractivity contribution >= 4 is 12.0 Å². The number of carbonyl (C=O) groups is 2. The van der Waals surface area contributed by atoms with Gasteiger partial charge in [-0.05, 0) is 88.5 Å². The van der Waals surface area contributed by atoms with E-state index in [0.29, 0.717) is 31.8 Å². The van der Waals surface area contributed by atoms with Crippen molar-refractivity contribution in [2.45, 2.75) is 189 Å². The van der Waals surface area contributed by atoms with Crippen LogP contribution in [0.15, 0.2) is 11.3 Å². The Bertz CT molecular complexity index is 1030. The maximum atomic E-state index is 12.8. The topological polar surface area (TPSA) is 88.1 Å². The molecule has 9 atom stereocenters. The number of β-amino-alcohol motifs (C(OH)–C–C–N with tert-alkyl or cyclic N) is 1. The highest BCUT2D eigenvalue weighted by molar-refractivity contribution is 5.76. The average Bonchev–Trinajstić information content (AvgIpc) is 3.37. The Morgan fingerprint density at radius 3 is 2.21 bits per heavy atom. The lowest BCUT2D eigenvalue weighted by atomic mass is 9.68. The van der Waals surface area contributed by atoms with Gasteiger partial charge < -0.3 is 24.8 Å². The largest absolute Gasteiger partial charge is 0.415 e. The molecule has 3 rings (SSSR count). The third-order valence-electron chi connectivity index (χ3n) is 12.2. The van der Waals surface area contributed by atoms with E-state index in [1.54, 1.807) is 4.90 Å². The van der Waals surface area contributed by atoms with Crippen LogP contribution in [0.3, 0.4) is 0 Å². The van der Waals surface area contributed by atoms with E-state index >= 15 is 0 Å². The number of fused-ring (bicyclic) bond motifs is 1. The van der Waals surface area contributed by atoms with Gasteiger partial charge in [-0.3, -0.25) is 4.79 Å². The normalized spacial score (nSPS) is 30.4. The second-order valence-corrected chi connectivity index (χ2v) is 17.1. The fraction of sp³-hybridized carbons (Fsp3) is 0.902. The molecule has 3 aliphatic rings. The van der Waals surface area contributed by atoms with E-state index < -0.39 is 6.10 Å². The number of nitrogens with one attached hydrogen (secondary N) is 1. The summed E-state index contributed by atoms with van der Waals surface area (Å²) in [6, 6.07) is 0.114. The molecular weight excluding hydrogens is 600 g/mol. The molecule has 6 unspecified atom stereocenters. The predicted octanol–water partition coefficient (Wildman–Crippen LogP) is 9.81. The fourth-order valence-electron chi connectivity index (χ4n) is 8.70. The summed E-state index contributed by atoms with van der Waals surface area (Å²) in [5.74, 6) is 4.12. The summed E-state index contributed by atoms with van der Waals surface area (Å²) >= 11 is 0. The lowest BCUT2D eigenvalue weighted by molar-refractivity contribution is -0.175. The zero-order chi connectivity index (χ0) is 35.4. The van der Waals surface area contributed by atoms with Crippen molar-refractivity contribution in [3.05, 3.63) is 11.3 Å². The number of aliphatic hydroxyl groups is 1. The summed E-state index contributed by atoms with van der Waals surface area (Å²) in [6.07, 6.45) is 17.0. The van der Waals surface area contributed by atoms with Gasteiger partial charge in [0.2, 0.25) is 5.91 Å². The van der Waals surface area contributed by atoms with Crippen LogP contribution >= 0.6 is 0 Å². The molecular formula is C41H74N2O5. The molecule has 1 aliphatic carbocycles. The van der Waals surface area contributed by atoms with Crippen molar-refractivity contribution in [1.82, 2.24) is 10.2 Å². The highest BCUT2D eigenvalue weighted by atomic mass is 16.6. The van der Waals surface area contributed by atoms with Crippen molar-refractivity contribution < 1.29 is 24.2 Å². The van der Waals surface area contributed by atoms with Crippen LogP contribution < -0.4 is 5.32 Å². The number of ether oxygens (including phenoxy) is 2. The Morgan fingerprint density at radius 2 is 1.58 bits per heavy atom. The first-order chi connectivity index (χ1) is 22.7. The number of alkyl carbamates (subject to hydrolysis) is 1. The molecule has 0 bridgehead atoms. The number of rotatable bonds is 19. The first-order valence-corrected chi connectivity index (χ1v) is 20.0. The van der Waals surface area contributed by atoms with Gasteiger partial charge in [0.05, 0.1) is 17.8 Å². The maximum absolute atomic E-state index is 12.8. The molecule has 0 aromatic rings. The van der Waals surface area contributed by atoms with E-state index in [4.69, 9.17) is 9.47 Å². The molecule has 2 N–H and O–H groups in total. The molecule has 0 aromatic heterocycles. The average molecular weight is 675 g/mol. The fourth-order valence-corrected chi connectivity index (χ4v) is 8.70. The molecule has 7 heteroatoms. The summed E-state index contributed by atoms with van der Waals surface area (Å²) in [4.78, 5) is 27.1. The smallest absolute Gasteiger partial charge is 0.412 e. The number of allylic oxidation sites excluding steroid dienone is 1. The third-order valence-corrected chi connectivity index (χ3v) is 12.2. The SMILES string of the molecule is CC1=C(OC(=O)NCCCCCC(=O)N2CC(O)CC2C)C(C)C2CC[C@@](C)(CCC[C@H](C)CCC[C@H](C)CCCC(C)C)OC2C1C. The van der Waals surface area contributed by atoms with Crippen molar-refractivity contribution in [3.8, 4) is 0 Å². The number of unbranched alkanes of at least 4 members (excludes halogenated alkanes) is 2. The number of hydrogen-bond donors (Lipinski definition) is 2. The summed E-state index contributed by atoms with van der Waals surface area (Å²) in [5.41, 5.74) is 1.06. The van der Waals surface area contributed by atoms with Gasteiger partial charge in [0.1, 0.15) is 5.76 Å². The van der Waals surface area contributed by atoms with Gasteiger partial charge in [-0.15, -0.1) is 0 Å². The van der Waals surface area contributed by atoms with Crippen molar-refractivity contribution in [3.63, 3.8) is 0 Å². The van der Waals surface area contributed by atoms with E-state index in [2.05, 4.69) is 60.7 Å². The van der Waals surface area contributed by atoms with E-state index in [1.807, 2.05) is 6.92 Å². The van der Waals surface area contributed by atoms with Crippen LogP contribution in [0.1, 0.15) is 165 Å². The summed E-state index contributed by atoms with van der Waals surface area (Å²) in [5, 5.41) is 12.7. The van der Waals surface area contributed by atoms with Crippen molar-refractivity contribution in [1.29, 1.82) is 0 Å². The predicted molar refractivity (Wildman–Crippen MR) is 196 cm³/mol.